The molecule has 4 aliphatic rings. The maximum atomic E-state index is 6.55. The number of nitrogens with two attached hydrogens (primary N) is 1. The lowest BCUT2D eigenvalue weighted by atomic mass is 9.43. The van der Waals surface area contributed by atoms with Gasteiger partial charge in [0.15, 0.2) is 0 Å². The van der Waals surface area contributed by atoms with E-state index in [1.165, 1.54) is 38.5 Å². The Balaban J connectivity index is 2.08. The van der Waals surface area contributed by atoms with Crippen LogP contribution >= 0.6 is 15.9 Å². The highest BCUT2D eigenvalue weighted by molar-refractivity contribution is 9.10. The van der Waals surface area contributed by atoms with Crippen molar-refractivity contribution in [3.63, 3.8) is 0 Å². The summed E-state index contributed by atoms with van der Waals surface area (Å²) in [5, 5.41) is 0. The number of alkyl halides is 1. The first-order valence-electron chi connectivity index (χ1n) is 5.72. The first kappa shape index (κ1) is 9.65. The lowest BCUT2D eigenvalue weighted by Gasteiger charge is -2.67. The van der Waals surface area contributed by atoms with Crippen LogP contribution in [0.4, 0.5) is 0 Å². The third-order valence-electron chi connectivity index (χ3n) is 4.57. The average molecular weight is 258 g/mol. The standard InChI is InChI=1S/C12H20BrN/c1-9-3-10(2)5-11(13,4-9)8-12(14,6-9)7-10/h3-8,14H2,1-2H3. The van der Waals surface area contributed by atoms with E-state index in [4.69, 9.17) is 5.73 Å². The van der Waals surface area contributed by atoms with Crippen molar-refractivity contribution >= 4 is 15.9 Å². The Labute approximate surface area is 94.9 Å². The van der Waals surface area contributed by atoms with E-state index in [-0.39, 0.29) is 5.54 Å². The third-order valence-corrected chi connectivity index (χ3v) is 5.41. The second kappa shape index (κ2) is 2.24. The molecule has 4 rings (SSSR count). The molecule has 14 heavy (non-hydrogen) atoms. The van der Waals surface area contributed by atoms with E-state index in [1.54, 1.807) is 0 Å². The largest absolute Gasteiger partial charge is 0.325 e. The van der Waals surface area contributed by atoms with Gasteiger partial charge in [0.2, 0.25) is 0 Å². The molecule has 4 fully saturated rings. The molecule has 0 heterocycles. The van der Waals surface area contributed by atoms with Gasteiger partial charge in [-0.3, -0.25) is 0 Å². The van der Waals surface area contributed by atoms with Crippen molar-refractivity contribution in [2.24, 2.45) is 16.6 Å². The predicted octanol–water partition coefficient (Wildman–Crippen LogP) is 3.21. The van der Waals surface area contributed by atoms with Crippen molar-refractivity contribution in [2.75, 3.05) is 0 Å². The summed E-state index contributed by atoms with van der Waals surface area (Å²) in [6.45, 7) is 4.89. The quantitative estimate of drug-likeness (QED) is 0.663. The minimum atomic E-state index is 0.141. The van der Waals surface area contributed by atoms with Crippen molar-refractivity contribution in [3.8, 4) is 0 Å². The molecule has 2 unspecified atom stereocenters. The molecule has 0 aromatic carbocycles. The van der Waals surface area contributed by atoms with E-state index < -0.39 is 0 Å². The van der Waals surface area contributed by atoms with Crippen LogP contribution in [0.25, 0.3) is 0 Å². The van der Waals surface area contributed by atoms with E-state index in [2.05, 4.69) is 29.8 Å². The normalized spacial score (nSPS) is 66.0. The molecule has 1 nitrogen and oxygen atoms in total. The van der Waals surface area contributed by atoms with Gasteiger partial charge in [-0.1, -0.05) is 29.8 Å². The molecule has 2 N–H and O–H groups in total. The zero-order valence-electron chi connectivity index (χ0n) is 9.20. The summed E-state index contributed by atoms with van der Waals surface area (Å²) < 4.78 is 0.375. The molecular weight excluding hydrogens is 238 g/mol. The van der Waals surface area contributed by atoms with Gasteiger partial charge in [0, 0.05) is 9.86 Å². The van der Waals surface area contributed by atoms with Gasteiger partial charge in [0.1, 0.15) is 0 Å². The summed E-state index contributed by atoms with van der Waals surface area (Å²) >= 11 is 3.98. The third kappa shape index (κ3) is 1.23. The molecule has 0 amide bonds. The van der Waals surface area contributed by atoms with E-state index in [0.29, 0.717) is 15.2 Å². The van der Waals surface area contributed by atoms with Crippen molar-refractivity contribution in [1.82, 2.24) is 0 Å². The Morgan fingerprint density at radius 2 is 1.36 bits per heavy atom. The van der Waals surface area contributed by atoms with Crippen LogP contribution in [0, 0.1) is 10.8 Å². The van der Waals surface area contributed by atoms with Gasteiger partial charge < -0.3 is 5.73 Å². The minimum absolute atomic E-state index is 0.141. The number of hydrogen-bond donors (Lipinski definition) is 1. The lowest BCUT2D eigenvalue weighted by Crippen LogP contribution is -2.66. The van der Waals surface area contributed by atoms with Gasteiger partial charge in [-0.15, -0.1) is 0 Å². The van der Waals surface area contributed by atoms with Crippen molar-refractivity contribution in [1.29, 1.82) is 0 Å². The Morgan fingerprint density at radius 3 is 1.71 bits per heavy atom. The summed E-state index contributed by atoms with van der Waals surface area (Å²) in [5.41, 5.74) is 7.72. The van der Waals surface area contributed by atoms with E-state index in [1.807, 2.05) is 0 Å². The molecule has 0 aromatic rings. The van der Waals surface area contributed by atoms with Gasteiger partial charge in [-0.05, 0) is 49.4 Å². The van der Waals surface area contributed by atoms with Crippen LogP contribution in [0.5, 0.6) is 0 Å². The summed E-state index contributed by atoms with van der Waals surface area (Å²) in [7, 11) is 0. The Morgan fingerprint density at radius 1 is 0.857 bits per heavy atom. The first-order valence-corrected chi connectivity index (χ1v) is 6.51. The van der Waals surface area contributed by atoms with Crippen LogP contribution in [-0.4, -0.2) is 9.86 Å². The fourth-order valence-corrected chi connectivity index (χ4v) is 7.55. The zero-order valence-corrected chi connectivity index (χ0v) is 10.8. The van der Waals surface area contributed by atoms with Crippen LogP contribution in [0.1, 0.15) is 52.4 Å². The van der Waals surface area contributed by atoms with Gasteiger partial charge >= 0.3 is 0 Å². The number of hydrogen-bond acceptors (Lipinski definition) is 1. The van der Waals surface area contributed by atoms with E-state index in [9.17, 15) is 0 Å². The second-order valence-electron chi connectivity index (χ2n) is 7.20. The molecule has 4 aliphatic carbocycles. The van der Waals surface area contributed by atoms with Crippen LogP contribution in [-0.2, 0) is 0 Å². The molecule has 4 saturated carbocycles. The monoisotopic (exact) mass is 257 g/mol. The SMILES string of the molecule is CC12CC3(C)CC(N)(C1)CC(Br)(C2)C3. The summed E-state index contributed by atoms with van der Waals surface area (Å²) in [6, 6.07) is 0. The van der Waals surface area contributed by atoms with E-state index >= 15 is 0 Å². The van der Waals surface area contributed by atoms with Gasteiger partial charge in [0.25, 0.3) is 0 Å². The molecule has 0 aromatic heterocycles. The van der Waals surface area contributed by atoms with Crippen molar-refractivity contribution in [2.45, 2.75) is 62.2 Å². The highest BCUT2D eigenvalue weighted by Gasteiger charge is 2.63. The smallest absolute Gasteiger partial charge is 0.0285 e. The zero-order chi connectivity index (χ0) is 10.2. The fourth-order valence-electron chi connectivity index (χ4n) is 5.64. The molecule has 0 saturated heterocycles. The molecule has 0 aliphatic heterocycles. The Hall–Kier alpha value is 0.440. The first-order chi connectivity index (χ1) is 6.24. The Bertz CT molecular complexity index is 203. The van der Waals surface area contributed by atoms with Crippen LogP contribution in [0.3, 0.4) is 0 Å². The molecule has 0 radical (unpaired) electrons. The maximum absolute atomic E-state index is 6.55. The summed E-state index contributed by atoms with van der Waals surface area (Å²) in [6.07, 6.45) is 7.78. The van der Waals surface area contributed by atoms with E-state index in [0.717, 1.165) is 0 Å². The number of halogens is 1. The minimum Gasteiger partial charge on any atom is -0.325 e. The lowest BCUT2D eigenvalue weighted by molar-refractivity contribution is -0.0886. The fraction of sp³-hybridized carbons (Fsp3) is 1.00. The second-order valence-corrected chi connectivity index (χ2v) is 8.88. The Kier molecular flexibility index (Phi) is 1.55. The predicted molar refractivity (Wildman–Crippen MR) is 62.5 cm³/mol. The molecule has 0 spiro atoms. The average Bonchev–Trinajstić information content (AvgIpc) is 1.67. The summed E-state index contributed by atoms with van der Waals surface area (Å²) in [4.78, 5) is 0. The molecule has 2 heteroatoms. The van der Waals surface area contributed by atoms with Gasteiger partial charge in [-0.2, -0.15) is 0 Å². The molecule has 2 atom stereocenters. The van der Waals surface area contributed by atoms with Crippen LogP contribution in [0.2, 0.25) is 0 Å². The van der Waals surface area contributed by atoms with Crippen LogP contribution < -0.4 is 5.73 Å². The maximum Gasteiger partial charge on any atom is 0.0285 e. The summed E-state index contributed by atoms with van der Waals surface area (Å²) in [5.74, 6) is 0. The van der Waals surface area contributed by atoms with Crippen molar-refractivity contribution in [3.05, 3.63) is 0 Å². The topological polar surface area (TPSA) is 26.0 Å². The van der Waals surface area contributed by atoms with Crippen molar-refractivity contribution < 1.29 is 0 Å². The molecule has 4 bridgehead atoms. The highest BCUT2D eigenvalue weighted by Crippen LogP contribution is 2.69. The van der Waals surface area contributed by atoms with Gasteiger partial charge in [0.05, 0.1) is 0 Å². The number of rotatable bonds is 0. The molecular formula is C12H20BrN. The highest BCUT2D eigenvalue weighted by atomic mass is 79.9. The van der Waals surface area contributed by atoms with Crippen LogP contribution in [0.15, 0.2) is 0 Å². The van der Waals surface area contributed by atoms with Gasteiger partial charge in [-0.25, -0.2) is 0 Å². The molecule has 80 valence electrons.